The molecule has 1 aromatic rings. The lowest BCUT2D eigenvalue weighted by Crippen LogP contribution is -2.45. The standard InChI is InChI=1S/C14H17NO4/c1-11-7-8-13(9-16)15(19-11)14(17)18-10-12-5-3-2-4-6-12/h2-8,11,13,16H,9-10H2,1H3/t11-,13-/m0/s1. The SMILES string of the molecule is C[C@H]1C=C[C@@H](CO)N(C(=O)OCc2ccccc2)O1. The number of hydrogen-bond donors (Lipinski definition) is 1. The number of aliphatic hydroxyl groups is 1. The zero-order valence-corrected chi connectivity index (χ0v) is 10.7. The zero-order valence-electron chi connectivity index (χ0n) is 10.7. The van der Waals surface area contributed by atoms with E-state index in [4.69, 9.17) is 9.57 Å². The average Bonchev–Trinajstić information content (AvgIpc) is 2.46. The van der Waals surface area contributed by atoms with Gasteiger partial charge in [-0.2, -0.15) is 5.06 Å². The van der Waals surface area contributed by atoms with Crippen LogP contribution in [0.4, 0.5) is 4.79 Å². The number of rotatable bonds is 3. The van der Waals surface area contributed by atoms with Gasteiger partial charge in [0.1, 0.15) is 18.8 Å². The molecule has 1 aromatic carbocycles. The number of carbonyl (C=O) groups is 1. The first-order chi connectivity index (χ1) is 9.20. The number of hydroxylamine groups is 2. The van der Waals surface area contributed by atoms with E-state index in [1.165, 1.54) is 0 Å². The van der Waals surface area contributed by atoms with Gasteiger partial charge in [0.15, 0.2) is 0 Å². The molecule has 102 valence electrons. The third-order valence-corrected chi connectivity index (χ3v) is 2.76. The van der Waals surface area contributed by atoms with Gasteiger partial charge in [0.05, 0.1) is 6.61 Å². The van der Waals surface area contributed by atoms with Crippen LogP contribution in [-0.4, -0.2) is 35.0 Å². The highest BCUT2D eigenvalue weighted by Crippen LogP contribution is 2.15. The highest BCUT2D eigenvalue weighted by atomic mass is 16.7. The van der Waals surface area contributed by atoms with Crippen LogP contribution < -0.4 is 0 Å². The summed E-state index contributed by atoms with van der Waals surface area (Å²) < 4.78 is 5.16. The Labute approximate surface area is 112 Å². The van der Waals surface area contributed by atoms with Crippen LogP contribution in [0.15, 0.2) is 42.5 Å². The molecule has 1 aliphatic heterocycles. The first kappa shape index (κ1) is 13.6. The van der Waals surface area contributed by atoms with Crippen molar-refractivity contribution in [2.75, 3.05) is 6.61 Å². The lowest BCUT2D eigenvalue weighted by atomic mass is 10.2. The molecule has 1 N–H and O–H groups in total. The maximum Gasteiger partial charge on any atom is 0.434 e. The molecule has 0 aliphatic carbocycles. The van der Waals surface area contributed by atoms with Gasteiger partial charge in [0.2, 0.25) is 0 Å². The minimum atomic E-state index is -0.598. The second kappa shape index (κ2) is 6.36. The Bertz CT molecular complexity index is 446. The molecule has 0 radical (unpaired) electrons. The summed E-state index contributed by atoms with van der Waals surface area (Å²) in [7, 11) is 0. The van der Waals surface area contributed by atoms with Crippen LogP contribution in [-0.2, 0) is 16.2 Å². The van der Waals surface area contributed by atoms with Gasteiger partial charge in [-0.3, -0.25) is 4.84 Å². The summed E-state index contributed by atoms with van der Waals surface area (Å²) in [6, 6.07) is 8.89. The molecule has 0 fully saturated rings. The summed E-state index contributed by atoms with van der Waals surface area (Å²) in [6.07, 6.45) is 2.71. The Morgan fingerprint density at radius 1 is 1.37 bits per heavy atom. The normalized spacial score (nSPS) is 22.3. The van der Waals surface area contributed by atoms with Crippen LogP contribution >= 0.6 is 0 Å². The molecule has 1 amide bonds. The van der Waals surface area contributed by atoms with E-state index in [2.05, 4.69) is 0 Å². The van der Waals surface area contributed by atoms with Crippen LogP contribution in [0.5, 0.6) is 0 Å². The Balaban J connectivity index is 1.93. The highest BCUT2D eigenvalue weighted by Gasteiger charge is 2.28. The number of hydrogen-bond acceptors (Lipinski definition) is 4. The van der Waals surface area contributed by atoms with E-state index in [1.54, 1.807) is 12.2 Å². The van der Waals surface area contributed by atoms with Crippen molar-refractivity contribution in [3.05, 3.63) is 48.0 Å². The largest absolute Gasteiger partial charge is 0.443 e. The van der Waals surface area contributed by atoms with E-state index >= 15 is 0 Å². The highest BCUT2D eigenvalue weighted by molar-refractivity contribution is 5.67. The van der Waals surface area contributed by atoms with Crippen molar-refractivity contribution in [2.45, 2.75) is 25.7 Å². The van der Waals surface area contributed by atoms with Gasteiger partial charge in [-0.1, -0.05) is 42.5 Å². The van der Waals surface area contributed by atoms with E-state index in [-0.39, 0.29) is 19.3 Å². The molecular weight excluding hydrogens is 246 g/mol. The number of nitrogens with zero attached hydrogens (tertiary/aromatic N) is 1. The van der Waals surface area contributed by atoms with Gasteiger partial charge < -0.3 is 9.84 Å². The summed E-state index contributed by atoms with van der Waals surface area (Å²) in [5.74, 6) is 0. The molecule has 5 heteroatoms. The molecule has 0 saturated heterocycles. The fraction of sp³-hybridized carbons (Fsp3) is 0.357. The Morgan fingerprint density at radius 3 is 2.79 bits per heavy atom. The fourth-order valence-electron chi connectivity index (χ4n) is 1.75. The minimum absolute atomic E-state index is 0.176. The van der Waals surface area contributed by atoms with Crippen LogP contribution in [0.1, 0.15) is 12.5 Å². The summed E-state index contributed by atoms with van der Waals surface area (Å²) in [6.45, 7) is 1.78. The molecular formula is C14H17NO4. The van der Waals surface area contributed by atoms with Crippen LogP contribution in [0.3, 0.4) is 0 Å². The topological polar surface area (TPSA) is 59.0 Å². The number of aliphatic hydroxyl groups excluding tert-OH is 1. The minimum Gasteiger partial charge on any atom is -0.443 e. The Kier molecular flexibility index (Phi) is 4.54. The molecule has 2 atom stereocenters. The average molecular weight is 263 g/mol. The summed E-state index contributed by atoms with van der Waals surface area (Å²) in [5, 5.41) is 10.3. The molecule has 1 heterocycles. The van der Waals surface area contributed by atoms with Gasteiger partial charge >= 0.3 is 6.09 Å². The maximum absolute atomic E-state index is 11.9. The van der Waals surface area contributed by atoms with Crippen molar-refractivity contribution in [3.8, 4) is 0 Å². The van der Waals surface area contributed by atoms with Gasteiger partial charge in [-0.15, -0.1) is 0 Å². The third-order valence-electron chi connectivity index (χ3n) is 2.76. The van der Waals surface area contributed by atoms with E-state index in [0.29, 0.717) is 0 Å². The number of ether oxygens (including phenoxy) is 1. The van der Waals surface area contributed by atoms with Crippen molar-refractivity contribution in [3.63, 3.8) is 0 Å². The van der Waals surface area contributed by atoms with Crippen molar-refractivity contribution < 1.29 is 19.5 Å². The van der Waals surface area contributed by atoms with Gasteiger partial charge in [0, 0.05) is 0 Å². The molecule has 0 aromatic heterocycles. The Morgan fingerprint density at radius 2 is 2.11 bits per heavy atom. The van der Waals surface area contributed by atoms with Crippen LogP contribution in [0, 0.1) is 0 Å². The van der Waals surface area contributed by atoms with Gasteiger partial charge in [-0.05, 0) is 12.5 Å². The lowest BCUT2D eigenvalue weighted by Gasteiger charge is -2.31. The smallest absolute Gasteiger partial charge is 0.434 e. The fourth-order valence-corrected chi connectivity index (χ4v) is 1.75. The zero-order chi connectivity index (χ0) is 13.7. The van der Waals surface area contributed by atoms with Crippen molar-refractivity contribution in [1.29, 1.82) is 0 Å². The molecule has 2 rings (SSSR count). The molecule has 0 spiro atoms. The summed E-state index contributed by atoms with van der Waals surface area (Å²) >= 11 is 0. The first-order valence-electron chi connectivity index (χ1n) is 6.16. The quantitative estimate of drug-likeness (QED) is 0.846. The Hall–Kier alpha value is -1.85. The number of benzene rings is 1. The summed E-state index contributed by atoms with van der Waals surface area (Å²) in [5.41, 5.74) is 0.900. The van der Waals surface area contributed by atoms with Crippen molar-refractivity contribution in [2.24, 2.45) is 0 Å². The number of carbonyl (C=O) groups excluding carboxylic acids is 1. The van der Waals surface area contributed by atoms with Gasteiger partial charge in [-0.25, -0.2) is 4.79 Å². The van der Waals surface area contributed by atoms with Crippen molar-refractivity contribution in [1.82, 2.24) is 5.06 Å². The van der Waals surface area contributed by atoms with E-state index in [0.717, 1.165) is 10.6 Å². The van der Waals surface area contributed by atoms with Crippen LogP contribution in [0.2, 0.25) is 0 Å². The molecule has 1 aliphatic rings. The molecule has 5 nitrogen and oxygen atoms in total. The van der Waals surface area contributed by atoms with Gasteiger partial charge in [0.25, 0.3) is 0 Å². The monoisotopic (exact) mass is 263 g/mol. The molecule has 0 unspecified atom stereocenters. The predicted molar refractivity (Wildman–Crippen MR) is 69.0 cm³/mol. The van der Waals surface area contributed by atoms with Crippen LogP contribution in [0.25, 0.3) is 0 Å². The summed E-state index contributed by atoms with van der Waals surface area (Å²) in [4.78, 5) is 17.3. The third kappa shape index (κ3) is 3.56. The predicted octanol–water partition coefficient (Wildman–Crippen LogP) is 1.88. The van der Waals surface area contributed by atoms with Crippen molar-refractivity contribution >= 4 is 6.09 Å². The molecule has 0 saturated carbocycles. The molecule has 19 heavy (non-hydrogen) atoms. The lowest BCUT2D eigenvalue weighted by molar-refractivity contribution is -0.184. The molecule has 0 bridgehead atoms. The van der Waals surface area contributed by atoms with E-state index < -0.39 is 12.1 Å². The second-order valence-corrected chi connectivity index (χ2v) is 4.31. The number of amides is 1. The van der Waals surface area contributed by atoms with E-state index in [1.807, 2.05) is 37.3 Å². The van der Waals surface area contributed by atoms with E-state index in [9.17, 15) is 9.90 Å². The maximum atomic E-state index is 11.9. The first-order valence-corrected chi connectivity index (χ1v) is 6.16. The second-order valence-electron chi connectivity index (χ2n) is 4.31.